The molecule has 0 nitrogen and oxygen atoms in total. The van der Waals surface area contributed by atoms with Crippen LogP contribution < -0.4 is 0 Å². The molecule has 1 heteroatoms. The molecule has 3 aromatic rings. The maximum absolute atomic E-state index is 3.71. The summed E-state index contributed by atoms with van der Waals surface area (Å²) in [6.07, 6.45) is 8.17. The predicted octanol–water partition coefficient (Wildman–Crippen LogP) is 7.63. The van der Waals surface area contributed by atoms with Gasteiger partial charge in [-0.1, -0.05) is 0 Å². The molecule has 29 heavy (non-hydrogen) atoms. The van der Waals surface area contributed by atoms with Crippen LogP contribution >= 0.6 is 0 Å². The Morgan fingerprint density at radius 1 is 0.759 bits per heavy atom. The third kappa shape index (κ3) is 2.64. The Balaban J connectivity index is 1.92. The number of fused-ring (bicyclic) bond motifs is 3. The molecule has 0 saturated carbocycles. The van der Waals surface area contributed by atoms with E-state index in [1.54, 1.807) is 6.49 Å². The SMILES string of the molecule is C[C](c1ccccc1)=[Zr]([CH3])([CH3])([C]1=CC=CC1)[CH]1c2ccccc2-c2ccccc21. The van der Waals surface area contributed by atoms with E-state index in [1.165, 1.54) is 27.8 Å². The summed E-state index contributed by atoms with van der Waals surface area (Å²) in [5.74, 6) is 0. The fourth-order valence-corrected chi connectivity index (χ4v) is 20.8. The van der Waals surface area contributed by atoms with Crippen molar-refractivity contribution < 1.29 is 18.3 Å². The summed E-state index contributed by atoms with van der Waals surface area (Å²) in [5.41, 5.74) is 7.35. The second kappa shape index (κ2) is 6.71. The molecule has 3 aromatic carbocycles. The number of benzene rings is 3. The first-order valence-electron chi connectivity index (χ1n) is 10.6. The minimum absolute atomic E-state index is 0.482. The van der Waals surface area contributed by atoms with Crippen molar-refractivity contribution in [2.75, 3.05) is 0 Å². The summed E-state index contributed by atoms with van der Waals surface area (Å²) in [5, 5.41) is 0. The van der Waals surface area contributed by atoms with Crippen molar-refractivity contribution in [2.24, 2.45) is 0 Å². The Hall–Kier alpha value is -2.11. The zero-order chi connectivity index (χ0) is 20.1. The molecule has 0 fully saturated rings. The molecule has 144 valence electrons. The van der Waals surface area contributed by atoms with Gasteiger partial charge in [-0.3, -0.25) is 0 Å². The Morgan fingerprint density at radius 2 is 1.31 bits per heavy atom. The third-order valence-electron chi connectivity index (χ3n) is 7.82. The van der Waals surface area contributed by atoms with E-state index in [0.717, 1.165) is 6.42 Å². The standard InChI is InChI=1S/C13H9.C8H8.C5H5.2CH3.Zr/c1-3-7-12-10(5-1)9-11-6-2-4-8-13(11)12;1-2-8-6-4-3-5-7-8;1-2-4-5-3-1;;;/h1-9H;3-7H,1H3;1-3H,4H2;2*1H3;. The molecule has 0 N–H and O–H groups in total. The molecule has 0 amide bonds. The van der Waals surface area contributed by atoms with Crippen LogP contribution in [0, 0.1) is 0 Å². The first-order chi connectivity index (χ1) is 14.0. The van der Waals surface area contributed by atoms with Gasteiger partial charge >= 0.3 is 176 Å². The van der Waals surface area contributed by atoms with Crippen molar-refractivity contribution in [3.63, 3.8) is 0 Å². The average molecular weight is 456 g/mol. The van der Waals surface area contributed by atoms with Crippen LogP contribution in [-0.4, -0.2) is 3.21 Å². The van der Waals surface area contributed by atoms with E-state index in [0.29, 0.717) is 3.63 Å². The van der Waals surface area contributed by atoms with Gasteiger partial charge < -0.3 is 0 Å². The Morgan fingerprint density at radius 3 is 1.86 bits per heavy atom. The maximum atomic E-state index is 2.69. The monoisotopic (exact) mass is 454 g/mol. The van der Waals surface area contributed by atoms with E-state index in [1.807, 2.05) is 0 Å². The molecule has 0 unspecified atom stereocenters. The number of allylic oxidation sites excluding steroid dienone is 4. The Kier molecular flexibility index (Phi) is 4.37. The summed E-state index contributed by atoms with van der Waals surface area (Å²) in [6.45, 7) is 2.43. The van der Waals surface area contributed by atoms with Crippen LogP contribution in [0.15, 0.2) is 100 Å². The topological polar surface area (TPSA) is 0 Å². The number of rotatable bonds is 3. The Bertz CT molecular complexity index is 1190. The molecular weight excluding hydrogens is 428 g/mol. The van der Waals surface area contributed by atoms with Crippen LogP contribution in [0.25, 0.3) is 11.1 Å². The van der Waals surface area contributed by atoms with Crippen LogP contribution in [-0.2, 0) is 18.3 Å². The zero-order valence-electron chi connectivity index (χ0n) is 17.5. The van der Waals surface area contributed by atoms with Gasteiger partial charge in [0.1, 0.15) is 0 Å². The van der Waals surface area contributed by atoms with Crippen LogP contribution in [0.4, 0.5) is 0 Å². The second-order valence-corrected chi connectivity index (χ2v) is 26.5. The van der Waals surface area contributed by atoms with Crippen molar-refractivity contribution in [1.82, 2.24) is 0 Å². The van der Waals surface area contributed by atoms with E-state index < -0.39 is 18.3 Å². The molecule has 0 spiro atoms. The zero-order valence-corrected chi connectivity index (χ0v) is 20.0. The van der Waals surface area contributed by atoms with Gasteiger partial charge in [-0.05, 0) is 0 Å². The van der Waals surface area contributed by atoms with Gasteiger partial charge in [0.05, 0.1) is 0 Å². The molecule has 0 saturated heterocycles. The van der Waals surface area contributed by atoms with Gasteiger partial charge in [-0.2, -0.15) is 0 Å². The molecule has 0 aliphatic heterocycles. The Labute approximate surface area is 175 Å². The van der Waals surface area contributed by atoms with E-state index in [9.17, 15) is 0 Å². The van der Waals surface area contributed by atoms with Gasteiger partial charge in [0.25, 0.3) is 0 Å². The fourth-order valence-electron chi connectivity index (χ4n) is 5.88. The van der Waals surface area contributed by atoms with Crippen molar-refractivity contribution in [1.29, 1.82) is 0 Å². The predicted molar refractivity (Wildman–Crippen MR) is 124 cm³/mol. The fraction of sp³-hybridized carbons (Fsp3) is 0.179. The van der Waals surface area contributed by atoms with Crippen LogP contribution in [0.5, 0.6) is 0 Å². The summed E-state index contributed by atoms with van der Waals surface area (Å²) in [4.78, 5) is 0. The first-order valence-corrected chi connectivity index (χ1v) is 19.4. The van der Waals surface area contributed by atoms with Crippen LogP contribution in [0.1, 0.15) is 33.7 Å². The molecule has 0 radical (unpaired) electrons. The molecule has 5 rings (SSSR count). The first kappa shape index (κ1) is 18.9. The van der Waals surface area contributed by atoms with Crippen molar-refractivity contribution in [2.45, 2.75) is 26.2 Å². The van der Waals surface area contributed by atoms with Gasteiger partial charge in [-0.25, -0.2) is 0 Å². The molecule has 0 atom stereocenters. The van der Waals surface area contributed by atoms with Crippen molar-refractivity contribution in [3.05, 3.63) is 117 Å². The normalized spacial score (nSPS) is 15.8. The molecule has 2 aliphatic carbocycles. The van der Waals surface area contributed by atoms with Crippen molar-refractivity contribution >= 4 is 3.21 Å². The summed E-state index contributed by atoms with van der Waals surface area (Å²) < 4.78 is 9.19. The minimum atomic E-state index is -3.71. The third-order valence-corrected chi connectivity index (χ3v) is 25.8. The van der Waals surface area contributed by atoms with E-state index >= 15 is 0 Å². The van der Waals surface area contributed by atoms with Gasteiger partial charge in [-0.15, -0.1) is 0 Å². The average Bonchev–Trinajstić information content (AvgIpc) is 3.41. The van der Waals surface area contributed by atoms with Crippen LogP contribution in [0.3, 0.4) is 0 Å². The van der Waals surface area contributed by atoms with E-state index in [-0.39, 0.29) is 0 Å². The van der Waals surface area contributed by atoms with Gasteiger partial charge in [0, 0.05) is 0 Å². The van der Waals surface area contributed by atoms with Crippen LogP contribution in [0.2, 0.25) is 9.26 Å². The summed E-state index contributed by atoms with van der Waals surface area (Å²) in [7, 11) is 0. The van der Waals surface area contributed by atoms with Crippen molar-refractivity contribution in [3.8, 4) is 11.1 Å². The molecular formula is C28H28Zr. The summed E-state index contributed by atoms with van der Waals surface area (Å²) >= 11 is -3.71. The quantitative estimate of drug-likeness (QED) is 0.381. The second-order valence-electron chi connectivity index (χ2n) is 9.41. The molecule has 2 aliphatic rings. The molecule has 0 aromatic heterocycles. The van der Waals surface area contributed by atoms with Gasteiger partial charge in [0.2, 0.25) is 0 Å². The molecule has 0 bridgehead atoms. The van der Waals surface area contributed by atoms with E-state index in [2.05, 4.69) is 113 Å². The molecule has 0 heterocycles. The summed E-state index contributed by atoms with van der Waals surface area (Å²) in [6, 6.07) is 29.4. The van der Waals surface area contributed by atoms with Gasteiger partial charge in [0.15, 0.2) is 0 Å². The van der Waals surface area contributed by atoms with E-state index in [4.69, 9.17) is 0 Å². The number of hydrogen-bond donors (Lipinski definition) is 0. The number of hydrogen-bond acceptors (Lipinski definition) is 0.